The molecule has 7 nitrogen and oxygen atoms in total. The number of rotatable bonds is 8. The lowest BCUT2D eigenvalue weighted by Crippen LogP contribution is -2.15. The van der Waals surface area contributed by atoms with Gasteiger partial charge in [-0.3, -0.25) is 4.79 Å². The second kappa shape index (κ2) is 8.11. The van der Waals surface area contributed by atoms with E-state index in [4.69, 9.17) is 0 Å². The molecule has 1 saturated carbocycles. The molecule has 1 N–H and O–H groups in total. The Morgan fingerprint density at radius 3 is 2.73 bits per heavy atom. The summed E-state index contributed by atoms with van der Waals surface area (Å²) in [6.07, 6.45) is 5.89. The minimum absolute atomic E-state index is 0.0300. The molecule has 0 unspecified atom stereocenters. The Bertz CT molecular complexity index is 1230. The van der Waals surface area contributed by atoms with Crippen LogP contribution >= 0.6 is 15.9 Å². The molecule has 3 aromatic rings. The van der Waals surface area contributed by atoms with E-state index in [0.717, 1.165) is 35.2 Å². The summed E-state index contributed by atoms with van der Waals surface area (Å²) in [7, 11) is -3.06. The van der Waals surface area contributed by atoms with E-state index in [1.54, 1.807) is 16.8 Å². The number of nitrogens with one attached hydrogen (secondary N) is 1. The number of ketones is 1. The molecule has 1 aromatic carbocycles. The molecule has 0 radical (unpaired) electrons. The summed E-state index contributed by atoms with van der Waals surface area (Å²) >= 11 is 3.42. The van der Waals surface area contributed by atoms with Crippen LogP contribution < -0.4 is 5.32 Å². The molecule has 0 saturated heterocycles. The Balaban J connectivity index is 1.64. The topological polar surface area (TPSA) is 93.4 Å². The van der Waals surface area contributed by atoms with Crippen LogP contribution in [0.2, 0.25) is 0 Å². The van der Waals surface area contributed by atoms with Gasteiger partial charge in [0.2, 0.25) is 0 Å². The Morgan fingerprint density at radius 1 is 1.30 bits per heavy atom. The van der Waals surface area contributed by atoms with E-state index in [2.05, 4.69) is 31.3 Å². The highest BCUT2D eigenvalue weighted by Gasteiger charge is 2.25. The zero-order valence-electron chi connectivity index (χ0n) is 16.9. The monoisotopic (exact) mass is 490 g/mol. The fourth-order valence-electron chi connectivity index (χ4n) is 3.47. The largest absolute Gasteiger partial charge is 0.381 e. The van der Waals surface area contributed by atoms with Crippen LogP contribution in [0.1, 0.15) is 35.2 Å². The molecule has 1 aliphatic carbocycles. The van der Waals surface area contributed by atoms with Gasteiger partial charge in [0, 0.05) is 30.3 Å². The van der Waals surface area contributed by atoms with Gasteiger partial charge >= 0.3 is 0 Å². The van der Waals surface area contributed by atoms with Crippen molar-refractivity contribution >= 4 is 42.9 Å². The zero-order valence-corrected chi connectivity index (χ0v) is 19.3. The van der Waals surface area contributed by atoms with Crippen LogP contribution in [0.25, 0.3) is 16.9 Å². The van der Waals surface area contributed by atoms with Gasteiger partial charge in [-0.25, -0.2) is 17.9 Å². The van der Waals surface area contributed by atoms with Crippen LogP contribution in [-0.2, 0) is 9.84 Å². The number of aromatic nitrogens is 3. The molecule has 158 valence electrons. The number of sulfone groups is 1. The smallest absolute Gasteiger partial charge is 0.177 e. The predicted molar refractivity (Wildman–Crippen MR) is 121 cm³/mol. The van der Waals surface area contributed by atoms with Crippen molar-refractivity contribution in [3.63, 3.8) is 0 Å². The van der Waals surface area contributed by atoms with Crippen molar-refractivity contribution in [1.29, 1.82) is 0 Å². The second-order valence-corrected chi connectivity index (χ2v) is 11.0. The number of Topliss-reactive ketones (excluding diaryl/α,β-unsaturated/α-hetero) is 1. The van der Waals surface area contributed by atoms with Gasteiger partial charge in [0.15, 0.2) is 11.4 Å². The van der Waals surface area contributed by atoms with Crippen LogP contribution in [0.4, 0.5) is 5.69 Å². The third kappa shape index (κ3) is 4.73. The van der Waals surface area contributed by atoms with Gasteiger partial charge in [-0.15, -0.1) is 0 Å². The molecular weight excluding hydrogens is 468 g/mol. The van der Waals surface area contributed by atoms with Crippen LogP contribution in [0.3, 0.4) is 0 Å². The third-order valence-electron chi connectivity index (χ3n) is 5.22. The Labute approximate surface area is 183 Å². The van der Waals surface area contributed by atoms with Gasteiger partial charge in [0.25, 0.3) is 0 Å². The van der Waals surface area contributed by atoms with Gasteiger partial charge in [-0.1, -0.05) is 12.1 Å². The molecule has 0 amide bonds. The van der Waals surface area contributed by atoms with E-state index >= 15 is 0 Å². The highest BCUT2D eigenvalue weighted by atomic mass is 79.9. The number of carbonyl (C=O) groups excluding carboxylic acids is 1. The maximum Gasteiger partial charge on any atom is 0.177 e. The van der Waals surface area contributed by atoms with E-state index in [1.807, 2.05) is 25.1 Å². The van der Waals surface area contributed by atoms with Crippen molar-refractivity contribution in [3.05, 3.63) is 46.2 Å². The van der Waals surface area contributed by atoms with Crippen molar-refractivity contribution in [1.82, 2.24) is 14.6 Å². The minimum atomic E-state index is -3.06. The van der Waals surface area contributed by atoms with E-state index in [-0.39, 0.29) is 18.1 Å². The normalized spacial score (nSPS) is 14.2. The number of nitrogens with zero attached hydrogens (tertiary/aromatic N) is 3. The zero-order chi connectivity index (χ0) is 21.5. The number of hydrogen-bond donors (Lipinski definition) is 1. The summed E-state index contributed by atoms with van der Waals surface area (Å²) in [5.41, 5.74) is 4.72. The number of aryl methyl sites for hydroxylation is 1. The van der Waals surface area contributed by atoms with Crippen LogP contribution in [0.15, 0.2) is 35.1 Å². The quantitative estimate of drug-likeness (QED) is 0.481. The molecule has 30 heavy (non-hydrogen) atoms. The molecule has 2 heterocycles. The second-order valence-electron chi connectivity index (χ2n) is 7.92. The van der Waals surface area contributed by atoms with E-state index < -0.39 is 9.84 Å². The first-order chi connectivity index (χ1) is 14.2. The van der Waals surface area contributed by atoms with Gasteiger partial charge in [-0.2, -0.15) is 5.10 Å². The minimum Gasteiger partial charge on any atom is -0.381 e. The molecule has 2 aromatic heterocycles. The van der Waals surface area contributed by atoms with Crippen LogP contribution in [0.5, 0.6) is 0 Å². The summed E-state index contributed by atoms with van der Waals surface area (Å²) in [5, 5.41) is 7.64. The number of anilines is 1. The Hall–Kier alpha value is -2.26. The highest BCUT2D eigenvalue weighted by molar-refractivity contribution is 9.10. The molecule has 9 heteroatoms. The molecule has 1 fully saturated rings. The average molecular weight is 491 g/mol. The van der Waals surface area contributed by atoms with Crippen molar-refractivity contribution in [2.75, 3.05) is 23.9 Å². The molecule has 4 rings (SSSR count). The van der Waals surface area contributed by atoms with E-state index in [0.29, 0.717) is 28.3 Å². The Kier molecular flexibility index (Phi) is 5.67. The maximum absolute atomic E-state index is 12.5. The summed E-state index contributed by atoms with van der Waals surface area (Å²) in [6.45, 7) is 2.23. The molecule has 0 spiro atoms. The predicted octanol–water partition coefficient (Wildman–Crippen LogP) is 3.91. The van der Waals surface area contributed by atoms with Gasteiger partial charge in [0.1, 0.15) is 14.4 Å². The SMILES string of the molecule is Cc1cc(-c2cnc3c(NCCS(C)(=O)=O)cc(Br)nn23)ccc1C(=O)CC1CC1. The maximum atomic E-state index is 12.5. The fourth-order valence-corrected chi connectivity index (χ4v) is 4.33. The Morgan fingerprint density at radius 2 is 2.07 bits per heavy atom. The van der Waals surface area contributed by atoms with Gasteiger partial charge in [0.05, 0.1) is 23.3 Å². The van der Waals surface area contributed by atoms with Crippen LogP contribution in [-0.4, -0.2) is 47.4 Å². The van der Waals surface area contributed by atoms with Crippen molar-refractivity contribution in [3.8, 4) is 11.3 Å². The molecule has 0 aliphatic heterocycles. The van der Waals surface area contributed by atoms with Crippen molar-refractivity contribution in [2.24, 2.45) is 5.92 Å². The number of carbonyl (C=O) groups is 1. The molecule has 1 aliphatic rings. The lowest BCUT2D eigenvalue weighted by atomic mass is 9.98. The van der Waals surface area contributed by atoms with Gasteiger partial charge in [-0.05, 0) is 59.3 Å². The third-order valence-corrected chi connectivity index (χ3v) is 6.55. The van der Waals surface area contributed by atoms with Crippen molar-refractivity contribution in [2.45, 2.75) is 26.2 Å². The van der Waals surface area contributed by atoms with Crippen LogP contribution in [0, 0.1) is 12.8 Å². The highest BCUT2D eigenvalue weighted by Crippen LogP contribution is 2.34. The fraction of sp³-hybridized carbons (Fsp3) is 0.381. The van der Waals surface area contributed by atoms with E-state index in [9.17, 15) is 13.2 Å². The lowest BCUT2D eigenvalue weighted by Gasteiger charge is -2.10. The average Bonchev–Trinajstić information content (AvgIpc) is 3.36. The van der Waals surface area contributed by atoms with Crippen molar-refractivity contribution < 1.29 is 13.2 Å². The van der Waals surface area contributed by atoms with E-state index in [1.165, 1.54) is 6.26 Å². The lowest BCUT2D eigenvalue weighted by molar-refractivity contribution is 0.0975. The van der Waals surface area contributed by atoms with Gasteiger partial charge < -0.3 is 5.32 Å². The first-order valence-corrected chi connectivity index (χ1v) is 12.7. The summed E-state index contributed by atoms with van der Waals surface area (Å²) in [4.78, 5) is 17.0. The number of hydrogen-bond acceptors (Lipinski definition) is 6. The molecule has 0 bridgehead atoms. The number of imidazole rings is 1. The summed E-state index contributed by atoms with van der Waals surface area (Å²) in [6, 6.07) is 7.58. The summed E-state index contributed by atoms with van der Waals surface area (Å²) < 4.78 is 25.1. The molecular formula is C21H23BrN4O3S. The standard InChI is InChI=1S/C21H23BrN4O3S/c1-13-9-15(5-6-16(13)19(27)10-14-3-4-14)18-12-24-21-17(11-20(22)25-26(18)21)23-7-8-30(2,28)29/h5-6,9,11-12,14,23H,3-4,7-8,10H2,1-2H3. The number of fused-ring (bicyclic) bond motifs is 1. The summed E-state index contributed by atoms with van der Waals surface area (Å²) in [5.74, 6) is 0.797. The first-order valence-electron chi connectivity index (χ1n) is 9.81. The number of halogens is 1. The number of benzene rings is 1. The first kappa shape index (κ1) is 21.0. The molecule has 0 atom stereocenters.